The van der Waals surface area contributed by atoms with E-state index in [-0.39, 0.29) is 11.4 Å². The number of hydrogen-bond acceptors (Lipinski definition) is 8. The van der Waals surface area contributed by atoms with Crippen LogP contribution in [0.25, 0.3) is 0 Å². The Kier molecular flexibility index (Phi) is 10.5. The minimum absolute atomic E-state index is 0.273. The van der Waals surface area contributed by atoms with Crippen LogP contribution >= 0.6 is 0 Å². The van der Waals surface area contributed by atoms with Crippen LogP contribution in [0.5, 0.6) is 0 Å². The van der Waals surface area contributed by atoms with Gasteiger partial charge in [-0.15, -0.1) is 0 Å². The van der Waals surface area contributed by atoms with Crippen LogP contribution in [0.4, 0.5) is 17.1 Å². The highest BCUT2D eigenvalue weighted by Gasteiger charge is 2.23. The van der Waals surface area contributed by atoms with Crippen molar-refractivity contribution in [1.29, 1.82) is 0 Å². The second kappa shape index (κ2) is 12.3. The van der Waals surface area contributed by atoms with Gasteiger partial charge in [-0.25, -0.2) is 0 Å². The van der Waals surface area contributed by atoms with Gasteiger partial charge >= 0.3 is 9.28 Å². The fraction of sp³-hybridized carbons (Fsp3) is 0.625. The minimum atomic E-state index is -1.74. The third-order valence-corrected chi connectivity index (χ3v) is 6.20. The number of nitro groups is 2. The third kappa shape index (κ3) is 7.59. The third-order valence-electron chi connectivity index (χ3n) is 3.91. The molecule has 0 aromatic heterocycles. The van der Waals surface area contributed by atoms with E-state index in [1.165, 1.54) is 12.1 Å². The van der Waals surface area contributed by atoms with E-state index in [0.29, 0.717) is 45.0 Å². The minimum Gasteiger partial charge on any atom is -0.397 e. The maximum absolute atomic E-state index is 11.4. The topological polar surface area (TPSA) is 134 Å². The largest absolute Gasteiger partial charge is 0.397 e. The molecule has 10 nitrogen and oxygen atoms in total. The second-order valence-electron chi connectivity index (χ2n) is 5.80. The smallest absolute Gasteiger partial charge is 0.321 e. The highest BCUT2D eigenvalue weighted by molar-refractivity contribution is 6.44. The number of nitrogens with two attached hydrogens (primary N) is 1. The summed E-state index contributed by atoms with van der Waals surface area (Å²) in [7, 11) is -1.74. The molecule has 0 heterocycles. The highest BCUT2D eigenvalue weighted by Crippen LogP contribution is 2.32. The zero-order valence-electron chi connectivity index (χ0n) is 15.8. The van der Waals surface area contributed by atoms with Crippen molar-refractivity contribution in [1.82, 2.24) is 0 Å². The van der Waals surface area contributed by atoms with Crippen LogP contribution in [0.1, 0.15) is 26.7 Å². The van der Waals surface area contributed by atoms with Crippen molar-refractivity contribution in [3.8, 4) is 0 Å². The summed E-state index contributed by atoms with van der Waals surface area (Å²) in [5.41, 5.74) is 5.38. The summed E-state index contributed by atoms with van der Waals surface area (Å²) in [4.78, 5) is 23.0. The van der Waals surface area contributed by atoms with Crippen molar-refractivity contribution < 1.29 is 18.7 Å². The molecule has 0 radical (unpaired) electrons. The zero-order valence-corrected chi connectivity index (χ0v) is 17.0. The molecule has 1 aromatic carbocycles. The number of nitro benzene ring substituents is 2. The van der Waals surface area contributed by atoms with Crippen LogP contribution in [0, 0.1) is 20.2 Å². The Labute approximate surface area is 160 Å². The fourth-order valence-corrected chi connectivity index (χ4v) is 4.40. The Hall–Kier alpha value is -2.08. The maximum Gasteiger partial charge on any atom is 0.321 e. The van der Waals surface area contributed by atoms with E-state index in [4.69, 9.17) is 14.6 Å². The lowest BCUT2D eigenvalue weighted by Gasteiger charge is -2.25. The van der Waals surface area contributed by atoms with Gasteiger partial charge in [0, 0.05) is 32.4 Å². The second-order valence-corrected chi connectivity index (χ2v) is 7.90. The van der Waals surface area contributed by atoms with Crippen LogP contribution < -0.4 is 10.6 Å². The quantitative estimate of drug-likeness (QED) is 0.286. The lowest BCUT2D eigenvalue weighted by atomic mass is 10.2. The molecule has 11 heteroatoms. The van der Waals surface area contributed by atoms with Crippen molar-refractivity contribution in [2.45, 2.75) is 32.7 Å². The first kappa shape index (κ1) is 23.0. The Morgan fingerprint density at radius 2 is 1.70 bits per heavy atom. The van der Waals surface area contributed by atoms with Gasteiger partial charge in [0.2, 0.25) is 0 Å². The Morgan fingerprint density at radius 1 is 1.07 bits per heavy atom. The molecule has 0 atom stereocenters. The zero-order chi connectivity index (χ0) is 20.2. The van der Waals surface area contributed by atoms with Gasteiger partial charge in [0.15, 0.2) is 0 Å². The molecule has 27 heavy (non-hydrogen) atoms. The SMILES string of the molecule is CCO[SiH](CCCN(CCCN)c1ccc([N+](=O)[O-])cc1[N+](=O)[O-])OCC. The molecule has 0 saturated carbocycles. The van der Waals surface area contributed by atoms with Gasteiger partial charge in [-0.1, -0.05) is 0 Å². The molecule has 0 aliphatic heterocycles. The molecule has 0 bridgehead atoms. The highest BCUT2D eigenvalue weighted by atomic mass is 28.3. The van der Waals surface area contributed by atoms with Crippen LogP contribution in [-0.2, 0) is 8.85 Å². The average Bonchev–Trinajstić information content (AvgIpc) is 2.64. The van der Waals surface area contributed by atoms with E-state index < -0.39 is 19.1 Å². The first-order valence-corrected chi connectivity index (χ1v) is 10.8. The summed E-state index contributed by atoms with van der Waals surface area (Å²) >= 11 is 0. The lowest BCUT2D eigenvalue weighted by molar-refractivity contribution is -0.393. The summed E-state index contributed by atoms with van der Waals surface area (Å²) < 4.78 is 11.3. The predicted molar refractivity (Wildman–Crippen MR) is 105 cm³/mol. The van der Waals surface area contributed by atoms with E-state index in [1.54, 1.807) is 0 Å². The van der Waals surface area contributed by atoms with Crippen molar-refractivity contribution in [2.75, 3.05) is 37.7 Å². The molecule has 0 saturated heterocycles. The molecule has 2 N–H and O–H groups in total. The molecule has 0 spiro atoms. The molecular formula is C16H28N4O6Si. The van der Waals surface area contributed by atoms with Crippen LogP contribution in [0.3, 0.4) is 0 Å². The standard InChI is InChI=1S/C16H28N4O6Si/c1-3-25-27(26-4-2)12-6-11-18(10-5-9-17)15-8-7-14(19(21)22)13-16(15)20(23)24/h7-8,13,27H,3-6,9-12,17H2,1-2H3. The van der Waals surface area contributed by atoms with E-state index in [0.717, 1.165) is 18.5 Å². The van der Waals surface area contributed by atoms with Crippen LogP contribution in [0.15, 0.2) is 18.2 Å². The maximum atomic E-state index is 11.4. The summed E-state index contributed by atoms with van der Waals surface area (Å²) in [6.07, 6.45) is 1.40. The summed E-state index contributed by atoms with van der Waals surface area (Å²) in [6, 6.07) is 4.51. The first-order valence-electron chi connectivity index (χ1n) is 9.05. The molecule has 1 rings (SSSR count). The van der Waals surface area contributed by atoms with Crippen LogP contribution in [-0.4, -0.2) is 52.0 Å². The van der Waals surface area contributed by atoms with Gasteiger partial charge in [0.25, 0.3) is 11.4 Å². The fourth-order valence-electron chi connectivity index (χ4n) is 2.71. The number of rotatable bonds is 14. The molecule has 1 aromatic rings. The average molecular weight is 401 g/mol. The Balaban J connectivity index is 2.95. The van der Waals surface area contributed by atoms with E-state index in [1.807, 2.05) is 18.7 Å². The van der Waals surface area contributed by atoms with E-state index >= 15 is 0 Å². The summed E-state index contributed by atoms with van der Waals surface area (Å²) in [5, 5.41) is 22.4. The van der Waals surface area contributed by atoms with Crippen molar-refractivity contribution in [2.24, 2.45) is 5.73 Å². The summed E-state index contributed by atoms with van der Waals surface area (Å²) in [5.74, 6) is 0. The van der Waals surface area contributed by atoms with Gasteiger partial charge in [0.05, 0.1) is 15.9 Å². The van der Waals surface area contributed by atoms with Crippen LogP contribution in [0.2, 0.25) is 6.04 Å². The molecule has 0 aliphatic carbocycles. The van der Waals surface area contributed by atoms with Gasteiger partial charge in [-0.3, -0.25) is 20.2 Å². The van der Waals surface area contributed by atoms with Gasteiger partial charge in [-0.2, -0.15) is 0 Å². The van der Waals surface area contributed by atoms with Crippen molar-refractivity contribution in [3.63, 3.8) is 0 Å². The van der Waals surface area contributed by atoms with Crippen molar-refractivity contribution >= 4 is 26.3 Å². The Morgan fingerprint density at radius 3 is 2.22 bits per heavy atom. The molecule has 0 unspecified atom stereocenters. The number of hydrogen-bond donors (Lipinski definition) is 1. The van der Waals surface area contributed by atoms with Crippen molar-refractivity contribution in [3.05, 3.63) is 38.4 Å². The number of nitrogens with zero attached hydrogens (tertiary/aromatic N) is 3. The lowest BCUT2D eigenvalue weighted by Crippen LogP contribution is -2.30. The predicted octanol–water partition coefficient (Wildman–Crippen LogP) is 2.34. The number of anilines is 1. The molecule has 0 fully saturated rings. The first-order chi connectivity index (χ1) is 12.9. The number of benzene rings is 1. The van der Waals surface area contributed by atoms with Gasteiger partial charge in [0.1, 0.15) is 5.69 Å². The normalized spacial score (nSPS) is 11.0. The molecule has 0 amide bonds. The van der Waals surface area contributed by atoms with E-state index in [9.17, 15) is 20.2 Å². The molecule has 152 valence electrons. The van der Waals surface area contributed by atoms with Gasteiger partial charge < -0.3 is 19.5 Å². The molecule has 0 aliphatic rings. The molecular weight excluding hydrogens is 372 g/mol. The number of non-ortho nitro benzene ring substituents is 1. The Bertz CT molecular complexity index is 613. The summed E-state index contributed by atoms with van der Waals surface area (Å²) in [6.45, 7) is 6.59. The van der Waals surface area contributed by atoms with E-state index in [2.05, 4.69) is 0 Å². The monoisotopic (exact) mass is 400 g/mol. The van der Waals surface area contributed by atoms with Gasteiger partial charge in [-0.05, 0) is 45.3 Å².